The average Bonchev–Trinajstić information content (AvgIpc) is 2.28. The Bertz CT molecular complexity index is 346. The normalized spacial score (nSPS) is 13.4. The lowest BCUT2D eigenvalue weighted by Crippen LogP contribution is -2.20. The van der Waals surface area contributed by atoms with Gasteiger partial charge in [-0.2, -0.15) is 0 Å². The van der Waals surface area contributed by atoms with Crippen LogP contribution in [0.2, 0.25) is 0 Å². The lowest BCUT2D eigenvalue weighted by Gasteiger charge is -2.06. The van der Waals surface area contributed by atoms with Crippen molar-refractivity contribution in [3.05, 3.63) is 35.5 Å². The molecule has 1 atom stereocenters. The van der Waals surface area contributed by atoms with Crippen molar-refractivity contribution in [3.63, 3.8) is 0 Å². The molecule has 0 bridgehead atoms. The predicted molar refractivity (Wildman–Crippen MR) is 84.0 cm³/mol. The Labute approximate surface area is 118 Å². The first-order valence-electron chi connectivity index (χ1n) is 7.21. The molecule has 0 saturated heterocycles. The topological polar surface area (TPSA) is 29.1 Å². The summed E-state index contributed by atoms with van der Waals surface area (Å²) < 4.78 is 0. The standard InChI is InChI=1S/C17H29NO/c1-6-18-17(19)13-16(5)12-8-11-15(4)10-7-9-14(2)3/h8-9,12-13,15H,6-7,10-11H2,1-5H3,(H,18,19)/b12-8+,16-13+. The van der Waals surface area contributed by atoms with Crippen LogP contribution in [0.4, 0.5) is 0 Å². The summed E-state index contributed by atoms with van der Waals surface area (Å²) in [6.07, 6.45) is 11.6. The van der Waals surface area contributed by atoms with Gasteiger partial charge in [0.25, 0.3) is 0 Å². The summed E-state index contributed by atoms with van der Waals surface area (Å²) in [6, 6.07) is 0. The Kier molecular flexibility index (Phi) is 9.87. The number of rotatable bonds is 8. The molecule has 0 aliphatic heterocycles. The smallest absolute Gasteiger partial charge is 0.244 e. The van der Waals surface area contributed by atoms with E-state index >= 15 is 0 Å². The summed E-state index contributed by atoms with van der Waals surface area (Å²) >= 11 is 0. The van der Waals surface area contributed by atoms with Crippen molar-refractivity contribution in [2.24, 2.45) is 5.92 Å². The summed E-state index contributed by atoms with van der Waals surface area (Å²) in [7, 11) is 0. The maximum atomic E-state index is 11.3. The van der Waals surface area contributed by atoms with E-state index in [9.17, 15) is 4.79 Å². The molecule has 108 valence electrons. The van der Waals surface area contributed by atoms with Crippen molar-refractivity contribution >= 4 is 5.91 Å². The average molecular weight is 263 g/mol. The number of carbonyl (C=O) groups excluding carboxylic acids is 1. The van der Waals surface area contributed by atoms with Crippen molar-refractivity contribution in [3.8, 4) is 0 Å². The van der Waals surface area contributed by atoms with Crippen LogP contribution in [-0.4, -0.2) is 12.5 Å². The second-order valence-electron chi connectivity index (χ2n) is 5.39. The van der Waals surface area contributed by atoms with Gasteiger partial charge in [0, 0.05) is 12.6 Å². The number of carbonyl (C=O) groups is 1. The highest BCUT2D eigenvalue weighted by atomic mass is 16.1. The molecule has 0 spiro atoms. The Morgan fingerprint density at radius 3 is 2.53 bits per heavy atom. The quantitative estimate of drug-likeness (QED) is 0.392. The molecule has 0 fully saturated rings. The van der Waals surface area contributed by atoms with Gasteiger partial charge in [-0.25, -0.2) is 0 Å². The van der Waals surface area contributed by atoms with E-state index in [4.69, 9.17) is 0 Å². The van der Waals surface area contributed by atoms with Crippen LogP contribution in [0.1, 0.15) is 53.9 Å². The molecule has 0 aromatic heterocycles. The van der Waals surface area contributed by atoms with E-state index in [0.29, 0.717) is 12.5 Å². The van der Waals surface area contributed by atoms with Crippen molar-refractivity contribution in [1.82, 2.24) is 5.32 Å². The van der Waals surface area contributed by atoms with Crippen LogP contribution in [0.5, 0.6) is 0 Å². The van der Waals surface area contributed by atoms with Gasteiger partial charge in [0.05, 0.1) is 0 Å². The largest absolute Gasteiger partial charge is 0.353 e. The first kappa shape index (κ1) is 17.7. The Morgan fingerprint density at radius 1 is 1.26 bits per heavy atom. The lowest BCUT2D eigenvalue weighted by atomic mass is 10.0. The van der Waals surface area contributed by atoms with Gasteiger partial charge in [-0.1, -0.05) is 30.7 Å². The number of hydrogen-bond donors (Lipinski definition) is 1. The van der Waals surface area contributed by atoms with Gasteiger partial charge in [0.2, 0.25) is 5.91 Å². The fourth-order valence-corrected chi connectivity index (χ4v) is 1.74. The van der Waals surface area contributed by atoms with Crippen LogP contribution < -0.4 is 5.32 Å². The SMILES string of the molecule is CCNC(=O)/C=C(C)/C=C/CC(C)CCC=C(C)C. The van der Waals surface area contributed by atoms with E-state index in [2.05, 4.69) is 38.2 Å². The van der Waals surface area contributed by atoms with Crippen LogP contribution in [-0.2, 0) is 4.79 Å². The molecule has 2 heteroatoms. The summed E-state index contributed by atoms with van der Waals surface area (Å²) in [4.78, 5) is 11.3. The molecule has 0 aliphatic carbocycles. The van der Waals surface area contributed by atoms with E-state index in [-0.39, 0.29) is 5.91 Å². The molecule has 19 heavy (non-hydrogen) atoms. The summed E-state index contributed by atoms with van der Waals surface area (Å²) in [6.45, 7) is 11.1. The first-order chi connectivity index (χ1) is 8.95. The Balaban J connectivity index is 4.00. The summed E-state index contributed by atoms with van der Waals surface area (Å²) in [5.74, 6) is 0.672. The van der Waals surface area contributed by atoms with Gasteiger partial charge in [-0.15, -0.1) is 0 Å². The lowest BCUT2D eigenvalue weighted by molar-refractivity contribution is -0.116. The van der Waals surface area contributed by atoms with E-state index in [1.807, 2.05) is 19.9 Å². The van der Waals surface area contributed by atoms with E-state index in [1.54, 1.807) is 6.08 Å². The second kappa shape index (κ2) is 10.6. The summed E-state index contributed by atoms with van der Waals surface area (Å²) in [5.41, 5.74) is 2.39. The van der Waals surface area contributed by atoms with Crippen molar-refractivity contribution < 1.29 is 4.79 Å². The number of allylic oxidation sites excluding steroid dienone is 5. The molecule has 0 heterocycles. The van der Waals surface area contributed by atoms with Gasteiger partial charge >= 0.3 is 0 Å². The molecule has 0 saturated carbocycles. The molecule has 0 aromatic carbocycles. The van der Waals surface area contributed by atoms with Crippen LogP contribution >= 0.6 is 0 Å². The molecule has 1 amide bonds. The highest BCUT2D eigenvalue weighted by Crippen LogP contribution is 2.13. The minimum absolute atomic E-state index is 0.0127. The number of amides is 1. The van der Waals surface area contributed by atoms with Crippen LogP contribution in [0.15, 0.2) is 35.5 Å². The van der Waals surface area contributed by atoms with Crippen molar-refractivity contribution in [1.29, 1.82) is 0 Å². The monoisotopic (exact) mass is 263 g/mol. The maximum Gasteiger partial charge on any atom is 0.244 e. The zero-order valence-electron chi connectivity index (χ0n) is 13.1. The van der Waals surface area contributed by atoms with E-state index in [1.165, 1.54) is 12.0 Å². The minimum Gasteiger partial charge on any atom is -0.353 e. The molecule has 0 aliphatic rings. The highest BCUT2D eigenvalue weighted by molar-refractivity contribution is 5.88. The molecule has 2 nitrogen and oxygen atoms in total. The number of nitrogens with one attached hydrogen (secondary N) is 1. The fraction of sp³-hybridized carbons (Fsp3) is 0.588. The van der Waals surface area contributed by atoms with Crippen LogP contribution in [0.25, 0.3) is 0 Å². The van der Waals surface area contributed by atoms with Crippen molar-refractivity contribution in [2.45, 2.75) is 53.9 Å². The molecule has 0 rings (SSSR count). The number of likely N-dealkylation sites (N-methyl/N-ethyl adjacent to an activating group) is 1. The fourth-order valence-electron chi connectivity index (χ4n) is 1.74. The predicted octanol–water partition coefficient (Wildman–Crippen LogP) is 4.40. The summed E-state index contributed by atoms with van der Waals surface area (Å²) in [5, 5.41) is 2.76. The maximum absolute atomic E-state index is 11.3. The molecular weight excluding hydrogens is 234 g/mol. The van der Waals surface area contributed by atoms with E-state index in [0.717, 1.165) is 18.4 Å². The molecule has 1 unspecified atom stereocenters. The van der Waals surface area contributed by atoms with Gasteiger partial charge in [-0.3, -0.25) is 4.79 Å². The van der Waals surface area contributed by atoms with Gasteiger partial charge in [0.1, 0.15) is 0 Å². The Hall–Kier alpha value is -1.31. The first-order valence-corrected chi connectivity index (χ1v) is 7.21. The van der Waals surface area contributed by atoms with Crippen LogP contribution in [0, 0.1) is 5.92 Å². The molecule has 0 aromatic rings. The Morgan fingerprint density at radius 2 is 1.95 bits per heavy atom. The minimum atomic E-state index is -0.0127. The highest BCUT2D eigenvalue weighted by Gasteiger charge is 1.98. The third-order valence-corrected chi connectivity index (χ3v) is 2.84. The third kappa shape index (κ3) is 11.5. The molecule has 1 N–H and O–H groups in total. The molecular formula is C17H29NO. The van der Waals surface area contributed by atoms with Crippen molar-refractivity contribution in [2.75, 3.05) is 6.54 Å². The van der Waals surface area contributed by atoms with Gasteiger partial charge < -0.3 is 5.32 Å². The number of hydrogen-bond acceptors (Lipinski definition) is 1. The zero-order chi connectivity index (χ0) is 14.7. The van der Waals surface area contributed by atoms with Gasteiger partial charge in [0.15, 0.2) is 0 Å². The van der Waals surface area contributed by atoms with Crippen LogP contribution in [0.3, 0.4) is 0 Å². The third-order valence-electron chi connectivity index (χ3n) is 2.84. The van der Waals surface area contributed by atoms with Gasteiger partial charge in [-0.05, 0) is 58.4 Å². The molecule has 0 radical (unpaired) electrons. The van der Waals surface area contributed by atoms with E-state index < -0.39 is 0 Å². The zero-order valence-corrected chi connectivity index (χ0v) is 13.1. The second-order valence-corrected chi connectivity index (χ2v) is 5.39.